The summed E-state index contributed by atoms with van der Waals surface area (Å²) >= 11 is 0. The lowest BCUT2D eigenvalue weighted by Gasteiger charge is -2.39. The normalized spacial score (nSPS) is 27.4. The molecular formula is C19H14O6. The van der Waals surface area contributed by atoms with E-state index >= 15 is 0 Å². The molecular weight excluding hydrogens is 324 g/mol. The van der Waals surface area contributed by atoms with Crippen LogP contribution in [0.4, 0.5) is 0 Å². The van der Waals surface area contributed by atoms with Gasteiger partial charge in [0, 0.05) is 18.2 Å². The lowest BCUT2D eigenvalue weighted by molar-refractivity contribution is -0.237. The van der Waals surface area contributed by atoms with Crippen LogP contribution in [0.3, 0.4) is 0 Å². The van der Waals surface area contributed by atoms with Gasteiger partial charge in [0.15, 0.2) is 5.78 Å². The molecule has 0 fully saturated rings. The SMILES string of the molecule is CO[C@]12Oc3ccc(O)cc3[C@@]1(O)C(=O)C=C(c1ccccc1)C2=O. The first kappa shape index (κ1) is 15.6. The molecule has 0 saturated carbocycles. The van der Waals surface area contributed by atoms with Crippen molar-refractivity contribution in [3.63, 3.8) is 0 Å². The van der Waals surface area contributed by atoms with Crippen molar-refractivity contribution in [1.29, 1.82) is 0 Å². The molecule has 126 valence electrons. The topological polar surface area (TPSA) is 93.1 Å². The Bertz CT molecular complexity index is 932. The van der Waals surface area contributed by atoms with Gasteiger partial charge in [-0.3, -0.25) is 9.59 Å². The molecule has 2 N–H and O–H groups in total. The minimum absolute atomic E-state index is 0.00365. The maximum Gasteiger partial charge on any atom is 0.316 e. The van der Waals surface area contributed by atoms with Gasteiger partial charge >= 0.3 is 5.79 Å². The van der Waals surface area contributed by atoms with E-state index in [9.17, 15) is 19.8 Å². The summed E-state index contributed by atoms with van der Waals surface area (Å²) in [4.78, 5) is 26.0. The molecule has 25 heavy (non-hydrogen) atoms. The smallest absolute Gasteiger partial charge is 0.316 e. The van der Waals surface area contributed by atoms with Gasteiger partial charge in [-0.05, 0) is 29.8 Å². The average Bonchev–Trinajstić information content (AvgIpc) is 2.90. The van der Waals surface area contributed by atoms with Crippen molar-refractivity contribution in [3.8, 4) is 11.5 Å². The van der Waals surface area contributed by atoms with E-state index in [1.54, 1.807) is 30.3 Å². The maximum absolute atomic E-state index is 13.2. The van der Waals surface area contributed by atoms with Gasteiger partial charge < -0.3 is 19.7 Å². The highest BCUT2D eigenvalue weighted by Crippen LogP contribution is 2.53. The molecule has 2 aromatic rings. The standard InChI is InChI=1S/C19H14O6/c1-24-19-17(22)13(11-5-3-2-4-6-11)10-16(21)18(19,23)14-9-12(20)7-8-15(14)25-19/h2-10,20,23H,1H3/t18-,19-/m1/s1. The second-order valence-corrected chi connectivity index (χ2v) is 5.93. The molecule has 2 aliphatic rings. The van der Waals surface area contributed by atoms with Crippen LogP contribution >= 0.6 is 0 Å². The van der Waals surface area contributed by atoms with Crippen LogP contribution in [0.15, 0.2) is 54.6 Å². The molecule has 1 aliphatic carbocycles. The van der Waals surface area contributed by atoms with Gasteiger partial charge in [0.2, 0.25) is 11.4 Å². The van der Waals surface area contributed by atoms with Gasteiger partial charge in [0.1, 0.15) is 11.5 Å². The number of ether oxygens (including phenoxy) is 2. The van der Waals surface area contributed by atoms with E-state index in [1.165, 1.54) is 25.3 Å². The predicted molar refractivity (Wildman–Crippen MR) is 86.8 cm³/mol. The Hall–Kier alpha value is -2.96. The van der Waals surface area contributed by atoms with Crippen LogP contribution in [0.5, 0.6) is 11.5 Å². The highest BCUT2D eigenvalue weighted by Gasteiger charge is 2.71. The lowest BCUT2D eigenvalue weighted by atomic mass is 9.73. The summed E-state index contributed by atoms with van der Waals surface area (Å²) in [5.41, 5.74) is -1.77. The Morgan fingerprint density at radius 3 is 2.48 bits per heavy atom. The monoisotopic (exact) mass is 338 g/mol. The van der Waals surface area contributed by atoms with Crippen molar-refractivity contribution in [1.82, 2.24) is 0 Å². The molecule has 4 rings (SSSR count). The number of ketones is 2. The molecule has 0 spiro atoms. The molecule has 1 aliphatic heterocycles. The molecule has 0 saturated heterocycles. The average molecular weight is 338 g/mol. The van der Waals surface area contributed by atoms with E-state index in [1.807, 2.05) is 0 Å². The molecule has 6 heteroatoms. The third-order valence-electron chi connectivity index (χ3n) is 4.63. The number of carbonyl (C=O) groups excluding carboxylic acids is 2. The number of phenols is 1. The Kier molecular flexibility index (Phi) is 3.12. The van der Waals surface area contributed by atoms with Gasteiger partial charge in [-0.15, -0.1) is 0 Å². The number of aromatic hydroxyl groups is 1. The Morgan fingerprint density at radius 2 is 1.80 bits per heavy atom. The molecule has 0 amide bonds. The van der Waals surface area contributed by atoms with Crippen molar-refractivity contribution < 1.29 is 29.3 Å². The van der Waals surface area contributed by atoms with Crippen LogP contribution in [0.1, 0.15) is 11.1 Å². The fourth-order valence-electron chi connectivity index (χ4n) is 3.39. The van der Waals surface area contributed by atoms with E-state index in [0.29, 0.717) is 5.56 Å². The second-order valence-electron chi connectivity index (χ2n) is 5.93. The van der Waals surface area contributed by atoms with Gasteiger partial charge in [0.25, 0.3) is 0 Å². The number of carbonyl (C=O) groups is 2. The maximum atomic E-state index is 13.2. The third kappa shape index (κ3) is 1.80. The van der Waals surface area contributed by atoms with Crippen LogP contribution < -0.4 is 4.74 Å². The summed E-state index contributed by atoms with van der Waals surface area (Å²) in [6, 6.07) is 12.5. The number of benzene rings is 2. The fraction of sp³-hybridized carbons (Fsp3) is 0.158. The van der Waals surface area contributed by atoms with E-state index in [0.717, 1.165) is 6.08 Å². The highest BCUT2D eigenvalue weighted by atomic mass is 16.7. The van der Waals surface area contributed by atoms with E-state index in [2.05, 4.69) is 0 Å². The van der Waals surface area contributed by atoms with Crippen molar-refractivity contribution in [2.24, 2.45) is 0 Å². The van der Waals surface area contributed by atoms with E-state index in [-0.39, 0.29) is 22.6 Å². The van der Waals surface area contributed by atoms with E-state index in [4.69, 9.17) is 9.47 Å². The van der Waals surface area contributed by atoms with E-state index < -0.39 is 23.0 Å². The Balaban J connectivity index is 1.97. The molecule has 0 aromatic heterocycles. The number of hydrogen-bond donors (Lipinski definition) is 2. The van der Waals surface area contributed by atoms with Crippen molar-refractivity contribution in [2.45, 2.75) is 11.4 Å². The summed E-state index contributed by atoms with van der Waals surface area (Å²) in [6.07, 6.45) is 1.09. The molecule has 1 heterocycles. The predicted octanol–water partition coefficient (Wildman–Crippen LogP) is 1.55. The number of hydrogen-bond acceptors (Lipinski definition) is 6. The molecule has 0 unspecified atom stereocenters. The van der Waals surface area contributed by atoms with Crippen molar-refractivity contribution >= 4 is 17.1 Å². The van der Waals surface area contributed by atoms with Gasteiger partial charge in [0.05, 0.1) is 0 Å². The number of phenolic OH excluding ortho intramolecular Hbond substituents is 1. The number of methoxy groups -OCH3 is 1. The second kappa shape index (κ2) is 5.02. The zero-order chi connectivity index (χ0) is 17.8. The zero-order valence-electron chi connectivity index (χ0n) is 13.2. The molecule has 0 radical (unpaired) electrons. The number of aliphatic hydroxyl groups is 1. The number of fused-ring (bicyclic) bond motifs is 3. The summed E-state index contributed by atoms with van der Waals surface area (Å²) in [5, 5.41) is 20.9. The van der Waals surface area contributed by atoms with Gasteiger partial charge in [-0.1, -0.05) is 30.3 Å². The molecule has 2 aromatic carbocycles. The van der Waals surface area contributed by atoms with Crippen LogP contribution in [-0.4, -0.2) is 34.7 Å². The molecule has 2 atom stereocenters. The van der Waals surface area contributed by atoms with Gasteiger partial charge in [-0.25, -0.2) is 0 Å². The van der Waals surface area contributed by atoms with Crippen LogP contribution in [0.2, 0.25) is 0 Å². The minimum Gasteiger partial charge on any atom is -0.508 e. The van der Waals surface area contributed by atoms with Crippen LogP contribution in [0.25, 0.3) is 5.57 Å². The summed E-state index contributed by atoms with van der Waals surface area (Å²) in [5.74, 6) is -3.72. The van der Waals surface area contributed by atoms with Crippen LogP contribution in [-0.2, 0) is 19.9 Å². The molecule has 0 bridgehead atoms. The van der Waals surface area contributed by atoms with Gasteiger partial charge in [-0.2, -0.15) is 0 Å². The Morgan fingerprint density at radius 1 is 1.08 bits per heavy atom. The van der Waals surface area contributed by atoms with Crippen molar-refractivity contribution in [3.05, 3.63) is 65.7 Å². The Labute approximate surface area is 142 Å². The minimum atomic E-state index is -2.37. The fourth-order valence-corrected chi connectivity index (χ4v) is 3.39. The highest BCUT2D eigenvalue weighted by molar-refractivity contribution is 6.33. The van der Waals surface area contributed by atoms with Crippen molar-refractivity contribution in [2.75, 3.05) is 7.11 Å². The number of rotatable bonds is 2. The third-order valence-corrected chi connectivity index (χ3v) is 4.63. The summed E-state index contributed by atoms with van der Waals surface area (Å²) in [6.45, 7) is 0. The van der Waals surface area contributed by atoms with Crippen LogP contribution in [0, 0.1) is 0 Å². The summed E-state index contributed by atoms with van der Waals surface area (Å²) < 4.78 is 10.9. The first-order valence-electron chi connectivity index (χ1n) is 7.60. The first-order chi connectivity index (χ1) is 11.9. The number of Topliss-reactive ketones (excluding diaryl/α,β-unsaturated/α-hetero) is 1. The molecule has 6 nitrogen and oxygen atoms in total. The summed E-state index contributed by atoms with van der Waals surface area (Å²) in [7, 11) is 1.19. The lowest BCUT2D eigenvalue weighted by Crippen LogP contribution is -2.64. The quantitative estimate of drug-likeness (QED) is 0.863. The largest absolute Gasteiger partial charge is 0.508 e. The zero-order valence-corrected chi connectivity index (χ0v) is 13.2. The first-order valence-corrected chi connectivity index (χ1v) is 7.60.